The van der Waals surface area contributed by atoms with Crippen LogP contribution in [0.2, 0.25) is 0 Å². The molecule has 8 heavy (non-hydrogen) atoms. The van der Waals surface area contributed by atoms with E-state index in [0.717, 1.165) is 0 Å². The molecule has 0 saturated heterocycles. The van der Waals surface area contributed by atoms with E-state index >= 15 is 0 Å². The number of rotatable bonds is 0. The van der Waals surface area contributed by atoms with Crippen LogP contribution in [-0.2, 0) is 22.4 Å². The Labute approximate surface area is 64.7 Å². The molecule has 0 aliphatic carbocycles. The zero-order valence-electron chi connectivity index (χ0n) is 4.27. The second-order valence-electron chi connectivity index (χ2n) is 1.27. The van der Waals surface area contributed by atoms with Crippen molar-refractivity contribution in [2.24, 2.45) is 0 Å². The molecule has 1 nitrogen and oxygen atoms in total. The molecule has 2 heteroatoms. The van der Waals surface area contributed by atoms with E-state index in [-0.39, 0.29) is 22.4 Å². The predicted octanol–water partition coefficient (Wildman–Crippen LogP) is 1.17. The molecule has 0 fully saturated rings. The Morgan fingerprint density at radius 1 is 0.750 bits per heavy atom. The average Bonchev–Trinajstić information content (AvgIpc) is 1.90. The van der Waals surface area contributed by atoms with Crippen LogP contribution in [0, 0.1) is 0 Å². The summed E-state index contributed by atoms with van der Waals surface area (Å²) in [5.41, 5.74) is 0. The summed E-state index contributed by atoms with van der Waals surface area (Å²) in [6, 6.07) is 0. The summed E-state index contributed by atoms with van der Waals surface area (Å²) in [6.07, 6.45) is 11.6. The summed E-state index contributed by atoms with van der Waals surface area (Å²) in [5, 5.41) is 2.92. The second kappa shape index (κ2) is 4.91. The molecule has 1 rings (SSSR count). The van der Waals surface area contributed by atoms with E-state index < -0.39 is 0 Å². The van der Waals surface area contributed by atoms with Crippen molar-refractivity contribution >= 4 is 0 Å². The van der Waals surface area contributed by atoms with Crippen LogP contribution in [0.3, 0.4) is 0 Å². The first-order chi connectivity index (χ1) is 3.50. The van der Waals surface area contributed by atoms with Crippen LogP contribution in [0.1, 0.15) is 0 Å². The molecule has 0 aromatic rings. The summed E-state index contributed by atoms with van der Waals surface area (Å²) in [5.74, 6) is 0. The van der Waals surface area contributed by atoms with Gasteiger partial charge in [-0.2, -0.15) is 0 Å². The first-order valence-corrected chi connectivity index (χ1v) is 2.24. The van der Waals surface area contributed by atoms with Gasteiger partial charge in [-0.1, -0.05) is 12.2 Å². The maximum Gasteiger partial charge on any atom is 0.000442 e. The van der Waals surface area contributed by atoms with Crippen LogP contribution >= 0.6 is 0 Å². The fourth-order valence-electron chi connectivity index (χ4n) is 0.406. The molecule has 0 atom stereocenters. The van der Waals surface area contributed by atoms with Gasteiger partial charge in [0.05, 0.1) is 0 Å². The maximum atomic E-state index is 2.92. The fraction of sp³-hybridized carbons (Fsp3) is 0. The van der Waals surface area contributed by atoms with Crippen molar-refractivity contribution in [3.8, 4) is 0 Å². The minimum Gasteiger partial charge on any atom is -0.368 e. The van der Waals surface area contributed by atoms with Gasteiger partial charge in [0.2, 0.25) is 0 Å². The van der Waals surface area contributed by atoms with Gasteiger partial charge >= 0.3 is 0 Å². The Bertz CT molecular complexity index is 110. The minimum absolute atomic E-state index is 0. The molecule has 1 N–H and O–H groups in total. The van der Waals surface area contributed by atoms with Crippen molar-refractivity contribution in [1.82, 2.24) is 5.32 Å². The molecular weight excluding hydrogens is 283 g/mol. The number of hydrogen-bond acceptors (Lipinski definition) is 1. The molecule has 0 unspecified atom stereocenters. The first kappa shape index (κ1) is 7.76. The topological polar surface area (TPSA) is 12.0 Å². The Morgan fingerprint density at radius 3 is 1.75 bits per heavy atom. The van der Waals surface area contributed by atoms with E-state index in [2.05, 4.69) is 5.32 Å². The zero-order chi connectivity index (χ0) is 4.95. The van der Waals surface area contributed by atoms with Crippen molar-refractivity contribution in [2.75, 3.05) is 0 Å². The molecule has 1 aliphatic heterocycles. The first-order valence-electron chi connectivity index (χ1n) is 2.24. The fourth-order valence-corrected chi connectivity index (χ4v) is 0.406. The number of hydrogen-bond donors (Lipinski definition) is 1. The Morgan fingerprint density at radius 2 is 1.25 bits per heavy atom. The SMILES string of the molecule is C1=CC=CNC=C1.[Au]. The monoisotopic (exact) mass is 290 g/mol. The molecular formula is C6H7AuN. The molecule has 1 heterocycles. The molecule has 0 aromatic carbocycles. The van der Waals surface area contributed by atoms with Gasteiger partial charge in [0.25, 0.3) is 0 Å². The standard InChI is InChI=1S/C6H7N.Au/c1-2-4-6-7-5-3-1;/h1-7H;. The van der Waals surface area contributed by atoms with Crippen LogP contribution in [0.25, 0.3) is 0 Å². The summed E-state index contributed by atoms with van der Waals surface area (Å²) < 4.78 is 0. The van der Waals surface area contributed by atoms with Gasteiger partial charge in [0.15, 0.2) is 0 Å². The van der Waals surface area contributed by atoms with Crippen molar-refractivity contribution in [1.29, 1.82) is 0 Å². The van der Waals surface area contributed by atoms with Crippen LogP contribution in [0.5, 0.6) is 0 Å². The minimum atomic E-state index is 0. The summed E-state index contributed by atoms with van der Waals surface area (Å²) in [7, 11) is 0. The van der Waals surface area contributed by atoms with Gasteiger partial charge in [-0.05, 0) is 12.2 Å². The normalized spacial score (nSPS) is 14.0. The zero-order valence-corrected chi connectivity index (χ0v) is 6.43. The predicted molar refractivity (Wildman–Crippen MR) is 30.6 cm³/mol. The summed E-state index contributed by atoms with van der Waals surface area (Å²) >= 11 is 0. The van der Waals surface area contributed by atoms with Gasteiger partial charge in [-0.15, -0.1) is 0 Å². The van der Waals surface area contributed by atoms with Crippen molar-refractivity contribution < 1.29 is 22.4 Å². The quantitative estimate of drug-likeness (QED) is 0.660. The van der Waals surface area contributed by atoms with Gasteiger partial charge < -0.3 is 5.32 Å². The maximum absolute atomic E-state index is 2.92. The van der Waals surface area contributed by atoms with Gasteiger partial charge in [-0.25, -0.2) is 0 Å². The van der Waals surface area contributed by atoms with Crippen LogP contribution < -0.4 is 5.32 Å². The van der Waals surface area contributed by atoms with E-state index in [1.807, 2.05) is 36.7 Å². The number of nitrogens with one attached hydrogen (secondary N) is 1. The van der Waals surface area contributed by atoms with E-state index in [9.17, 15) is 0 Å². The second-order valence-corrected chi connectivity index (χ2v) is 1.27. The van der Waals surface area contributed by atoms with E-state index in [4.69, 9.17) is 0 Å². The van der Waals surface area contributed by atoms with Crippen LogP contribution in [0.15, 0.2) is 36.7 Å². The Balaban J connectivity index is 0.000000490. The van der Waals surface area contributed by atoms with E-state index in [1.54, 1.807) is 0 Å². The summed E-state index contributed by atoms with van der Waals surface area (Å²) in [6.45, 7) is 0. The molecule has 0 bridgehead atoms. The third kappa shape index (κ3) is 2.86. The largest absolute Gasteiger partial charge is 0.368 e. The van der Waals surface area contributed by atoms with Gasteiger partial charge in [-0.3, -0.25) is 0 Å². The number of allylic oxidation sites excluding steroid dienone is 4. The molecule has 47 valence electrons. The smallest absolute Gasteiger partial charge is 0.000442 e. The van der Waals surface area contributed by atoms with Crippen molar-refractivity contribution in [3.63, 3.8) is 0 Å². The Kier molecular flexibility index (Phi) is 4.76. The van der Waals surface area contributed by atoms with Crippen LogP contribution in [0.4, 0.5) is 0 Å². The van der Waals surface area contributed by atoms with E-state index in [0.29, 0.717) is 0 Å². The van der Waals surface area contributed by atoms with E-state index in [1.165, 1.54) is 0 Å². The third-order valence-electron chi connectivity index (χ3n) is 0.718. The average molecular weight is 290 g/mol. The Hall–Kier alpha value is -0.240. The molecule has 0 aromatic heterocycles. The molecule has 1 aliphatic rings. The van der Waals surface area contributed by atoms with Gasteiger partial charge in [0, 0.05) is 34.8 Å². The van der Waals surface area contributed by atoms with Gasteiger partial charge in [0.1, 0.15) is 0 Å². The van der Waals surface area contributed by atoms with Crippen molar-refractivity contribution in [2.45, 2.75) is 0 Å². The molecule has 1 radical (unpaired) electrons. The molecule has 0 spiro atoms. The molecule has 0 saturated carbocycles. The van der Waals surface area contributed by atoms with Crippen molar-refractivity contribution in [3.05, 3.63) is 36.7 Å². The summed E-state index contributed by atoms with van der Waals surface area (Å²) in [4.78, 5) is 0. The third-order valence-corrected chi connectivity index (χ3v) is 0.718. The van der Waals surface area contributed by atoms with Crippen LogP contribution in [-0.4, -0.2) is 0 Å². The molecule has 0 amide bonds.